The van der Waals surface area contributed by atoms with E-state index < -0.39 is 0 Å². The largest absolute Gasteiger partial charge is 0.253 e. The molecule has 0 saturated carbocycles. The molecule has 2 aliphatic rings. The van der Waals surface area contributed by atoms with E-state index in [4.69, 9.17) is 0 Å². The minimum absolute atomic E-state index is 0. The molecule has 0 atom stereocenters. The Labute approximate surface area is 53.5 Å². The molecule has 2 rings (SSSR count). The number of nitrogens with zero attached hydrogens (tertiary/aromatic N) is 3. The van der Waals surface area contributed by atoms with Gasteiger partial charge in [-0.2, -0.15) is 5.11 Å². The molecule has 0 N–H and O–H groups in total. The Morgan fingerprint density at radius 2 is 2.11 bits per heavy atom. The van der Waals surface area contributed by atoms with E-state index in [1.54, 1.807) is 12.4 Å². The van der Waals surface area contributed by atoms with Crippen LogP contribution in [-0.2, 0) is 0 Å². The third-order valence-corrected chi connectivity index (χ3v) is 1.05. The maximum absolute atomic E-state index is 3.95. The van der Waals surface area contributed by atoms with E-state index in [1.165, 1.54) is 0 Å². The molecule has 0 aromatic heterocycles. The Hall–Kier alpha value is -1.25. The number of hydrogen-bond acceptors (Lipinski definition) is 3. The monoisotopic (exact) mass is 121 g/mol. The Morgan fingerprint density at radius 1 is 1.22 bits per heavy atom. The molecule has 9 heavy (non-hydrogen) atoms. The van der Waals surface area contributed by atoms with Gasteiger partial charge in [-0.25, -0.2) is 0 Å². The van der Waals surface area contributed by atoms with Gasteiger partial charge in [0.25, 0.3) is 0 Å². The summed E-state index contributed by atoms with van der Waals surface area (Å²) in [5.74, 6) is 0. The van der Waals surface area contributed by atoms with Crippen LogP contribution in [0, 0.1) is 0 Å². The van der Waals surface area contributed by atoms with Crippen LogP contribution in [0.15, 0.2) is 38.9 Å². The summed E-state index contributed by atoms with van der Waals surface area (Å²) in [6, 6.07) is 0. The van der Waals surface area contributed by atoms with Crippen molar-refractivity contribution in [1.82, 2.24) is 0 Å². The smallest absolute Gasteiger partial charge is 0.114 e. The van der Waals surface area contributed by atoms with Gasteiger partial charge >= 0.3 is 0 Å². The SMILES string of the molecule is C.C1=NC2=CN=NC2=C1. The van der Waals surface area contributed by atoms with E-state index in [0.717, 1.165) is 11.4 Å². The van der Waals surface area contributed by atoms with E-state index in [9.17, 15) is 0 Å². The molecule has 2 heterocycles. The first-order valence-electron chi connectivity index (χ1n) is 2.32. The zero-order chi connectivity index (χ0) is 5.40. The predicted octanol–water partition coefficient (Wildman–Crippen LogP) is 1.90. The topological polar surface area (TPSA) is 37.1 Å². The summed E-state index contributed by atoms with van der Waals surface area (Å²) in [5, 5.41) is 7.42. The van der Waals surface area contributed by atoms with Crippen molar-refractivity contribution in [3.63, 3.8) is 0 Å². The molecule has 46 valence electrons. The van der Waals surface area contributed by atoms with Gasteiger partial charge in [0.05, 0.1) is 6.20 Å². The van der Waals surface area contributed by atoms with Crippen molar-refractivity contribution in [2.45, 2.75) is 7.43 Å². The summed E-state index contributed by atoms with van der Waals surface area (Å²) in [6.45, 7) is 0. The van der Waals surface area contributed by atoms with Gasteiger partial charge in [-0.05, 0) is 6.08 Å². The van der Waals surface area contributed by atoms with Crippen LogP contribution in [0.5, 0.6) is 0 Å². The van der Waals surface area contributed by atoms with Gasteiger partial charge in [0.15, 0.2) is 0 Å². The highest BCUT2D eigenvalue weighted by Gasteiger charge is 2.09. The van der Waals surface area contributed by atoms with Gasteiger partial charge in [-0.15, -0.1) is 5.11 Å². The second kappa shape index (κ2) is 1.93. The molecule has 2 aliphatic heterocycles. The van der Waals surface area contributed by atoms with Crippen molar-refractivity contribution in [3.05, 3.63) is 23.7 Å². The van der Waals surface area contributed by atoms with Gasteiger partial charge < -0.3 is 0 Å². The fraction of sp³-hybridized carbons (Fsp3) is 0.167. The number of azo groups is 1. The lowest BCUT2D eigenvalue weighted by Gasteiger charge is -1.79. The van der Waals surface area contributed by atoms with Crippen molar-refractivity contribution in [2.75, 3.05) is 0 Å². The van der Waals surface area contributed by atoms with E-state index in [0.29, 0.717) is 0 Å². The van der Waals surface area contributed by atoms with E-state index in [1.807, 2.05) is 6.08 Å². The van der Waals surface area contributed by atoms with E-state index >= 15 is 0 Å². The molecule has 0 aliphatic carbocycles. The molecule has 0 amide bonds. The predicted molar refractivity (Wildman–Crippen MR) is 36.2 cm³/mol. The van der Waals surface area contributed by atoms with Crippen molar-refractivity contribution < 1.29 is 0 Å². The zero-order valence-electron chi connectivity index (χ0n) is 4.07. The second-order valence-corrected chi connectivity index (χ2v) is 1.56. The molecule has 0 radical (unpaired) electrons. The number of allylic oxidation sites excluding steroid dienone is 1. The Kier molecular flexibility index (Phi) is 1.26. The molecule has 0 aromatic carbocycles. The van der Waals surface area contributed by atoms with Crippen molar-refractivity contribution in [3.8, 4) is 0 Å². The van der Waals surface area contributed by atoms with E-state index in [2.05, 4.69) is 15.2 Å². The molecule has 0 saturated heterocycles. The van der Waals surface area contributed by atoms with Gasteiger partial charge in [-0.1, -0.05) is 7.43 Å². The highest BCUT2D eigenvalue weighted by Crippen LogP contribution is 2.22. The Balaban J connectivity index is 0.000000405. The third-order valence-electron chi connectivity index (χ3n) is 1.05. The molecule has 0 bridgehead atoms. The van der Waals surface area contributed by atoms with Crippen LogP contribution < -0.4 is 0 Å². The molecule has 0 aromatic rings. The zero-order valence-corrected chi connectivity index (χ0v) is 4.07. The van der Waals surface area contributed by atoms with Crippen molar-refractivity contribution >= 4 is 6.21 Å². The van der Waals surface area contributed by atoms with Crippen LogP contribution in [-0.4, -0.2) is 6.21 Å². The summed E-state index contributed by atoms with van der Waals surface area (Å²) in [6.07, 6.45) is 5.21. The van der Waals surface area contributed by atoms with Crippen LogP contribution in [0.25, 0.3) is 0 Å². The van der Waals surface area contributed by atoms with Gasteiger partial charge in [0.2, 0.25) is 0 Å². The summed E-state index contributed by atoms with van der Waals surface area (Å²) in [7, 11) is 0. The number of rotatable bonds is 0. The Morgan fingerprint density at radius 3 is 2.89 bits per heavy atom. The van der Waals surface area contributed by atoms with Crippen molar-refractivity contribution in [1.29, 1.82) is 0 Å². The normalized spacial score (nSPS) is 18.7. The lowest BCUT2D eigenvalue weighted by Crippen LogP contribution is -1.66. The minimum atomic E-state index is 0. The minimum Gasteiger partial charge on any atom is -0.253 e. The summed E-state index contributed by atoms with van der Waals surface area (Å²) in [5.41, 5.74) is 1.76. The van der Waals surface area contributed by atoms with Gasteiger partial charge in [0, 0.05) is 6.21 Å². The van der Waals surface area contributed by atoms with Crippen LogP contribution in [0.1, 0.15) is 7.43 Å². The fourth-order valence-electron chi connectivity index (χ4n) is 0.669. The van der Waals surface area contributed by atoms with E-state index in [-0.39, 0.29) is 7.43 Å². The van der Waals surface area contributed by atoms with Crippen LogP contribution in [0.4, 0.5) is 0 Å². The number of hydrogen-bond donors (Lipinski definition) is 0. The Bertz CT molecular complexity index is 207. The highest BCUT2D eigenvalue weighted by molar-refractivity contribution is 5.79. The molecule has 0 unspecified atom stereocenters. The molecule has 0 spiro atoms. The molecule has 0 fully saturated rings. The molecular formula is C6H7N3. The first kappa shape index (κ1) is 5.88. The first-order chi connectivity index (χ1) is 3.97. The maximum Gasteiger partial charge on any atom is 0.114 e. The standard InChI is InChI=1S/C5H3N3.CH4/c1-2-6-5-3-7-8-4(1)5;/h1-3H;1H4. The number of aliphatic imine (C=N–C) groups is 1. The van der Waals surface area contributed by atoms with Gasteiger partial charge in [0.1, 0.15) is 11.4 Å². The molecule has 3 nitrogen and oxygen atoms in total. The molecular weight excluding hydrogens is 114 g/mol. The first-order valence-corrected chi connectivity index (χ1v) is 2.32. The van der Waals surface area contributed by atoms with Crippen LogP contribution in [0.3, 0.4) is 0 Å². The van der Waals surface area contributed by atoms with Gasteiger partial charge in [-0.3, -0.25) is 4.99 Å². The lowest BCUT2D eigenvalue weighted by atomic mass is 10.4. The maximum atomic E-state index is 3.95. The number of fused-ring (bicyclic) bond motifs is 1. The summed E-state index contributed by atoms with van der Waals surface area (Å²) >= 11 is 0. The average Bonchev–Trinajstić information content (AvgIpc) is 2.15. The fourth-order valence-corrected chi connectivity index (χ4v) is 0.669. The lowest BCUT2D eigenvalue weighted by molar-refractivity contribution is 1.23. The molecule has 3 heteroatoms. The second-order valence-electron chi connectivity index (χ2n) is 1.56. The van der Waals surface area contributed by atoms with Crippen LogP contribution in [0.2, 0.25) is 0 Å². The van der Waals surface area contributed by atoms with Crippen LogP contribution >= 0.6 is 0 Å². The highest BCUT2D eigenvalue weighted by atomic mass is 15.2. The quantitative estimate of drug-likeness (QED) is 0.469. The summed E-state index contributed by atoms with van der Waals surface area (Å²) in [4.78, 5) is 3.95. The average molecular weight is 121 g/mol. The van der Waals surface area contributed by atoms with Crippen molar-refractivity contribution in [2.24, 2.45) is 15.2 Å². The summed E-state index contributed by atoms with van der Waals surface area (Å²) < 4.78 is 0. The third kappa shape index (κ3) is 0.700.